The molecule has 0 radical (unpaired) electrons. The molecule has 6 heteroatoms. The van der Waals surface area contributed by atoms with E-state index in [0.717, 1.165) is 11.1 Å². The van der Waals surface area contributed by atoms with Crippen molar-refractivity contribution in [3.05, 3.63) is 70.0 Å². The van der Waals surface area contributed by atoms with E-state index in [2.05, 4.69) is 31.9 Å². The summed E-state index contributed by atoms with van der Waals surface area (Å²) in [5.74, 6) is 0. The molecule has 0 saturated carbocycles. The molecule has 3 nitrogen and oxygen atoms in total. The molecule has 0 saturated heterocycles. The lowest BCUT2D eigenvalue weighted by Crippen LogP contribution is -2.15. The Morgan fingerprint density at radius 1 is 1.10 bits per heavy atom. The first-order valence-corrected chi connectivity index (χ1v) is 9.21. The third kappa shape index (κ3) is 2.85. The number of alkyl halides is 2. The van der Waals surface area contributed by atoms with Crippen molar-refractivity contribution in [2.45, 2.75) is 10.3 Å². The quantitative estimate of drug-likeness (QED) is 0.453. The third-order valence-corrected chi connectivity index (χ3v) is 5.77. The molecule has 0 fully saturated rings. The Morgan fingerprint density at radius 2 is 1.76 bits per heavy atom. The van der Waals surface area contributed by atoms with Crippen molar-refractivity contribution in [1.82, 2.24) is 3.96 Å². The predicted molar refractivity (Wildman–Crippen MR) is 93.0 cm³/mol. The van der Waals surface area contributed by atoms with E-state index < -0.39 is 10.9 Å². The van der Waals surface area contributed by atoms with E-state index in [9.17, 15) is 9.35 Å². The summed E-state index contributed by atoms with van der Waals surface area (Å²) in [4.78, 5) is 12.3. The molecular weight excluding hydrogens is 418 g/mol. The maximum atomic E-state index is 12.4. The molecule has 0 N–H and O–H groups in total. The minimum absolute atomic E-state index is 0.103. The van der Waals surface area contributed by atoms with Crippen molar-refractivity contribution >= 4 is 52.9 Å². The van der Waals surface area contributed by atoms with Crippen LogP contribution in [-0.2, 0) is 6.54 Å². The van der Waals surface area contributed by atoms with E-state index in [-0.39, 0.29) is 9.30 Å². The lowest BCUT2D eigenvalue weighted by Gasteiger charge is -2.05. The third-order valence-electron chi connectivity index (χ3n) is 3.29. The minimum atomic E-state index is -1.42. The summed E-state index contributed by atoms with van der Waals surface area (Å²) >= 11 is 6.87. The van der Waals surface area contributed by atoms with Crippen LogP contribution in [0, 0.1) is 0 Å². The van der Waals surface area contributed by atoms with E-state index in [1.807, 2.05) is 24.3 Å². The van der Waals surface area contributed by atoms with Gasteiger partial charge in [0.05, 0.1) is 10.3 Å². The van der Waals surface area contributed by atoms with Crippen LogP contribution < -0.4 is 5.56 Å². The number of aromatic nitrogens is 1. The molecule has 3 rings (SSSR count). The Labute approximate surface area is 141 Å². The van der Waals surface area contributed by atoms with Crippen LogP contribution in [0.5, 0.6) is 0 Å². The van der Waals surface area contributed by atoms with E-state index >= 15 is 0 Å². The molecule has 1 heterocycles. The Hall–Kier alpha value is -0.950. The first kappa shape index (κ1) is 15.0. The molecule has 1 unspecified atom stereocenters. The molecule has 0 spiro atoms. The average Bonchev–Trinajstić information content (AvgIpc) is 2.73. The van der Waals surface area contributed by atoms with Crippen LogP contribution >= 0.6 is 42.8 Å². The second kappa shape index (κ2) is 6.04. The van der Waals surface area contributed by atoms with E-state index in [4.69, 9.17) is 0 Å². The standard InChI is InChI=1S/C15H11Br2NO2S/c16-14(17)11-7-5-10(6-8-11)9-18-15(19)12-3-1-2-4-13(12)21(18)20/h1-8,14H,9H2. The van der Waals surface area contributed by atoms with Crippen molar-refractivity contribution in [2.24, 2.45) is 0 Å². The van der Waals surface area contributed by atoms with Crippen molar-refractivity contribution in [2.75, 3.05) is 0 Å². The monoisotopic (exact) mass is 427 g/mol. The smallest absolute Gasteiger partial charge is 0.304 e. The Kier molecular flexibility index (Phi) is 4.31. The SMILES string of the molecule is O=c1c2ccccc2[s+]([O-])n1Cc1ccc(C(Br)Br)cc1. The van der Waals surface area contributed by atoms with Crippen molar-refractivity contribution in [3.63, 3.8) is 0 Å². The molecule has 0 aliphatic heterocycles. The second-order valence-corrected chi connectivity index (χ2v) is 9.07. The van der Waals surface area contributed by atoms with E-state index in [1.54, 1.807) is 24.3 Å². The minimum Gasteiger partial charge on any atom is -0.570 e. The highest BCUT2D eigenvalue weighted by atomic mass is 79.9. The van der Waals surface area contributed by atoms with Gasteiger partial charge in [-0.05, 0) is 17.2 Å². The van der Waals surface area contributed by atoms with Gasteiger partial charge in [0.1, 0.15) is 5.39 Å². The van der Waals surface area contributed by atoms with Gasteiger partial charge in [0.25, 0.3) is 0 Å². The molecule has 2 aromatic carbocycles. The fraction of sp³-hybridized carbons (Fsp3) is 0.133. The summed E-state index contributed by atoms with van der Waals surface area (Å²) in [6, 6.07) is 14.9. The molecule has 1 atom stereocenters. The van der Waals surface area contributed by atoms with Gasteiger partial charge >= 0.3 is 5.56 Å². The predicted octanol–water partition coefficient (Wildman–Crippen LogP) is 4.57. The Morgan fingerprint density at radius 3 is 2.38 bits per heavy atom. The average molecular weight is 429 g/mol. The number of benzene rings is 2. The molecule has 1 aromatic heterocycles. The van der Waals surface area contributed by atoms with Crippen molar-refractivity contribution in [3.8, 4) is 0 Å². The molecule has 21 heavy (non-hydrogen) atoms. The summed E-state index contributed by atoms with van der Waals surface area (Å²) < 4.78 is 14.5. The summed E-state index contributed by atoms with van der Waals surface area (Å²) in [6.45, 7) is 0.343. The number of fused-ring (bicyclic) bond motifs is 1. The Balaban J connectivity index is 2.00. The van der Waals surface area contributed by atoms with Crippen LogP contribution in [-0.4, -0.2) is 8.51 Å². The van der Waals surface area contributed by atoms with Gasteiger partial charge in [0, 0.05) is 17.0 Å². The van der Waals surface area contributed by atoms with Crippen LogP contribution in [0.3, 0.4) is 0 Å². The van der Waals surface area contributed by atoms with E-state index in [1.165, 1.54) is 3.96 Å². The summed E-state index contributed by atoms with van der Waals surface area (Å²) in [7, 11) is -1.42. The highest BCUT2D eigenvalue weighted by Crippen LogP contribution is 2.29. The summed E-state index contributed by atoms with van der Waals surface area (Å²) in [5, 5.41) is 0.536. The molecule has 0 aliphatic rings. The number of hydrogen-bond donors (Lipinski definition) is 0. The number of rotatable bonds is 3. The lowest BCUT2D eigenvalue weighted by molar-refractivity contribution is 0.575. The first-order chi connectivity index (χ1) is 10.1. The van der Waals surface area contributed by atoms with Crippen LogP contribution in [0.25, 0.3) is 10.1 Å². The van der Waals surface area contributed by atoms with Gasteiger partial charge < -0.3 is 4.55 Å². The second-order valence-electron chi connectivity index (χ2n) is 4.63. The van der Waals surface area contributed by atoms with Gasteiger partial charge in [-0.1, -0.05) is 68.3 Å². The zero-order chi connectivity index (χ0) is 15.0. The fourth-order valence-electron chi connectivity index (χ4n) is 2.19. The molecule has 108 valence electrons. The summed E-state index contributed by atoms with van der Waals surface area (Å²) in [5.41, 5.74) is 1.87. The van der Waals surface area contributed by atoms with Crippen molar-refractivity contribution in [1.29, 1.82) is 0 Å². The van der Waals surface area contributed by atoms with Gasteiger partial charge in [-0.2, -0.15) is 0 Å². The first-order valence-electron chi connectivity index (χ1n) is 6.27. The molecule has 3 aromatic rings. The zero-order valence-electron chi connectivity index (χ0n) is 10.8. The lowest BCUT2D eigenvalue weighted by atomic mass is 10.1. The zero-order valence-corrected chi connectivity index (χ0v) is 14.8. The molecular formula is C15H11Br2NO2S. The maximum Gasteiger partial charge on any atom is 0.304 e. The maximum absolute atomic E-state index is 12.4. The topological polar surface area (TPSA) is 45.1 Å². The number of nitrogens with zero attached hydrogens (tertiary/aromatic N) is 1. The van der Waals surface area contributed by atoms with Crippen molar-refractivity contribution < 1.29 is 4.55 Å². The number of hydrogen-bond acceptors (Lipinski definition) is 2. The largest absolute Gasteiger partial charge is 0.570 e. The normalized spacial score (nSPS) is 12.3. The fourth-order valence-corrected chi connectivity index (χ4v) is 4.09. The summed E-state index contributed by atoms with van der Waals surface area (Å²) in [6.07, 6.45) is 0. The van der Waals surface area contributed by atoms with Crippen LogP contribution in [0.2, 0.25) is 0 Å². The van der Waals surface area contributed by atoms with Gasteiger partial charge in [-0.25, -0.2) is 0 Å². The van der Waals surface area contributed by atoms with Gasteiger partial charge in [-0.15, -0.1) is 3.96 Å². The van der Waals surface area contributed by atoms with Gasteiger partial charge in [0.2, 0.25) is 4.70 Å². The number of halogens is 2. The van der Waals surface area contributed by atoms with Crippen LogP contribution in [0.15, 0.2) is 53.3 Å². The van der Waals surface area contributed by atoms with E-state index in [0.29, 0.717) is 16.6 Å². The molecule has 0 amide bonds. The highest BCUT2D eigenvalue weighted by Gasteiger charge is 2.17. The van der Waals surface area contributed by atoms with Gasteiger partial charge in [0.15, 0.2) is 0 Å². The molecule has 0 bridgehead atoms. The Bertz CT molecular complexity index is 837. The van der Waals surface area contributed by atoms with Crippen LogP contribution in [0.4, 0.5) is 0 Å². The van der Waals surface area contributed by atoms with Crippen LogP contribution in [0.1, 0.15) is 14.9 Å². The molecule has 0 aliphatic carbocycles. The highest BCUT2D eigenvalue weighted by molar-refractivity contribution is 9.24. The van der Waals surface area contributed by atoms with Gasteiger partial charge in [-0.3, -0.25) is 4.79 Å².